The average Bonchev–Trinajstić information content (AvgIpc) is 2.43. The van der Waals surface area contributed by atoms with Crippen molar-refractivity contribution < 1.29 is 9.72 Å². The summed E-state index contributed by atoms with van der Waals surface area (Å²) in [5.41, 5.74) is 0.0394. The fourth-order valence-corrected chi connectivity index (χ4v) is 1.39. The Balaban J connectivity index is 2.74. The molecule has 1 aromatic rings. The van der Waals surface area contributed by atoms with Crippen molar-refractivity contribution in [1.82, 2.24) is 5.32 Å². The van der Waals surface area contributed by atoms with Crippen LogP contribution in [0.3, 0.4) is 0 Å². The molecule has 0 spiro atoms. The minimum Gasteiger partial charge on any atom is -0.306 e. The zero-order chi connectivity index (χ0) is 10.3. The van der Waals surface area contributed by atoms with E-state index < -0.39 is 10.8 Å². The van der Waals surface area contributed by atoms with Crippen LogP contribution in [0.15, 0.2) is 18.2 Å². The number of nitro groups is 1. The number of hydrogen-bond acceptors (Lipinski definition) is 4. The van der Waals surface area contributed by atoms with Gasteiger partial charge in [0.15, 0.2) is 0 Å². The van der Waals surface area contributed by atoms with Crippen LogP contribution in [-0.2, 0) is 0 Å². The van der Waals surface area contributed by atoms with E-state index >= 15 is 0 Å². The fourth-order valence-electron chi connectivity index (χ4n) is 1.39. The number of carbonyl (C=O) groups excluding carboxylic acids is 1. The van der Waals surface area contributed by atoms with Crippen molar-refractivity contribution in [1.29, 1.82) is 5.41 Å². The number of nitrogens with one attached hydrogen (secondary N) is 2. The first-order chi connectivity index (χ1) is 6.61. The third kappa shape index (κ3) is 0.972. The summed E-state index contributed by atoms with van der Waals surface area (Å²) in [6.07, 6.45) is 0. The van der Waals surface area contributed by atoms with Crippen LogP contribution >= 0.6 is 0 Å². The van der Waals surface area contributed by atoms with E-state index in [0.29, 0.717) is 0 Å². The van der Waals surface area contributed by atoms with Gasteiger partial charge >= 0.3 is 0 Å². The van der Waals surface area contributed by atoms with Crippen LogP contribution in [0, 0.1) is 15.5 Å². The maximum absolute atomic E-state index is 11.2. The molecule has 0 atom stereocenters. The Morgan fingerprint density at radius 3 is 2.79 bits per heavy atom. The molecule has 1 aliphatic rings. The second-order valence-corrected chi connectivity index (χ2v) is 2.79. The Labute approximate surface area is 78.2 Å². The van der Waals surface area contributed by atoms with Gasteiger partial charge in [0.25, 0.3) is 11.6 Å². The monoisotopic (exact) mass is 191 g/mol. The Hall–Kier alpha value is -2.24. The third-order valence-electron chi connectivity index (χ3n) is 1.97. The van der Waals surface area contributed by atoms with E-state index in [4.69, 9.17) is 5.41 Å². The van der Waals surface area contributed by atoms with E-state index in [-0.39, 0.29) is 22.6 Å². The number of rotatable bonds is 1. The van der Waals surface area contributed by atoms with Crippen LogP contribution in [0.5, 0.6) is 0 Å². The van der Waals surface area contributed by atoms with E-state index in [1.54, 1.807) is 0 Å². The molecule has 14 heavy (non-hydrogen) atoms. The van der Waals surface area contributed by atoms with Crippen LogP contribution in [0.25, 0.3) is 0 Å². The maximum atomic E-state index is 11.2. The van der Waals surface area contributed by atoms with Gasteiger partial charge in [-0.25, -0.2) is 0 Å². The van der Waals surface area contributed by atoms with Gasteiger partial charge in [0.2, 0.25) is 0 Å². The second kappa shape index (κ2) is 2.63. The molecule has 0 aliphatic carbocycles. The van der Waals surface area contributed by atoms with E-state index in [1.165, 1.54) is 18.2 Å². The normalized spacial score (nSPS) is 13.7. The molecule has 0 aromatic heterocycles. The highest BCUT2D eigenvalue weighted by Gasteiger charge is 2.31. The Morgan fingerprint density at radius 2 is 2.14 bits per heavy atom. The summed E-state index contributed by atoms with van der Waals surface area (Å²) in [5, 5.41) is 20.2. The molecule has 0 saturated heterocycles. The molecule has 0 unspecified atom stereocenters. The van der Waals surface area contributed by atoms with E-state index in [0.717, 1.165) is 0 Å². The highest BCUT2D eigenvalue weighted by atomic mass is 16.6. The van der Waals surface area contributed by atoms with Crippen LogP contribution in [0.4, 0.5) is 5.69 Å². The van der Waals surface area contributed by atoms with Crippen molar-refractivity contribution in [3.05, 3.63) is 39.4 Å². The summed E-state index contributed by atoms with van der Waals surface area (Å²) < 4.78 is 0. The van der Waals surface area contributed by atoms with Gasteiger partial charge in [-0.1, -0.05) is 6.07 Å². The Morgan fingerprint density at radius 1 is 1.43 bits per heavy atom. The predicted molar refractivity (Wildman–Crippen MR) is 47.4 cm³/mol. The summed E-state index contributed by atoms with van der Waals surface area (Å²) in [6, 6.07) is 4.15. The topological polar surface area (TPSA) is 96.1 Å². The molecule has 0 fully saturated rings. The van der Waals surface area contributed by atoms with E-state index in [2.05, 4.69) is 5.32 Å². The number of amidine groups is 1. The molecule has 6 nitrogen and oxygen atoms in total. The highest BCUT2D eigenvalue weighted by Crippen LogP contribution is 2.25. The summed E-state index contributed by atoms with van der Waals surface area (Å²) >= 11 is 0. The number of nitrogens with zero attached hydrogens (tertiary/aromatic N) is 1. The minimum absolute atomic E-state index is 0.0718. The molecule has 1 amide bonds. The summed E-state index contributed by atoms with van der Waals surface area (Å²) in [6.45, 7) is 0. The van der Waals surface area contributed by atoms with Gasteiger partial charge in [-0.3, -0.25) is 20.3 Å². The molecule has 0 saturated carbocycles. The Bertz CT molecular complexity index is 467. The van der Waals surface area contributed by atoms with Crippen LogP contribution < -0.4 is 5.32 Å². The van der Waals surface area contributed by atoms with Gasteiger partial charge in [0.05, 0.1) is 10.5 Å². The van der Waals surface area contributed by atoms with Crippen LogP contribution in [0.1, 0.15) is 15.9 Å². The number of amides is 1. The SMILES string of the molecule is N=C1NC(=O)c2cccc([N+](=O)[O-])c21. The fraction of sp³-hybridized carbons (Fsp3) is 0. The highest BCUT2D eigenvalue weighted by molar-refractivity contribution is 6.24. The van der Waals surface area contributed by atoms with Crippen molar-refractivity contribution >= 4 is 17.4 Å². The van der Waals surface area contributed by atoms with Gasteiger partial charge in [0, 0.05) is 6.07 Å². The van der Waals surface area contributed by atoms with Crippen molar-refractivity contribution in [2.45, 2.75) is 0 Å². The van der Waals surface area contributed by atoms with Gasteiger partial charge in [-0.05, 0) is 6.07 Å². The summed E-state index contributed by atoms with van der Waals surface area (Å²) in [4.78, 5) is 21.2. The lowest BCUT2D eigenvalue weighted by atomic mass is 10.1. The summed E-state index contributed by atoms with van der Waals surface area (Å²) in [5.74, 6) is -0.675. The molecular weight excluding hydrogens is 186 g/mol. The third-order valence-corrected chi connectivity index (χ3v) is 1.97. The van der Waals surface area contributed by atoms with E-state index in [9.17, 15) is 14.9 Å². The van der Waals surface area contributed by atoms with Crippen molar-refractivity contribution in [3.8, 4) is 0 Å². The quantitative estimate of drug-likeness (QED) is 0.504. The summed E-state index contributed by atoms with van der Waals surface area (Å²) in [7, 11) is 0. The largest absolute Gasteiger partial charge is 0.306 e. The van der Waals surface area contributed by atoms with Gasteiger partial charge in [-0.15, -0.1) is 0 Å². The van der Waals surface area contributed by atoms with Gasteiger partial charge in [0.1, 0.15) is 11.4 Å². The molecule has 1 heterocycles. The second-order valence-electron chi connectivity index (χ2n) is 2.79. The van der Waals surface area contributed by atoms with Crippen LogP contribution in [-0.4, -0.2) is 16.7 Å². The smallest absolute Gasteiger partial charge is 0.281 e. The number of carbonyl (C=O) groups is 1. The number of hydrogen-bond donors (Lipinski definition) is 2. The lowest BCUT2D eigenvalue weighted by Crippen LogP contribution is -2.20. The lowest BCUT2D eigenvalue weighted by Gasteiger charge is -1.96. The molecule has 70 valence electrons. The Kier molecular flexibility index (Phi) is 1.57. The van der Waals surface area contributed by atoms with Crippen LogP contribution in [0.2, 0.25) is 0 Å². The lowest BCUT2D eigenvalue weighted by molar-refractivity contribution is -0.385. The molecule has 6 heteroatoms. The molecule has 2 rings (SSSR count). The van der Waals surface area contributed by atoms with Gasteiger partial charge < -0.3 is 5.32 Å². The number of fused-ring (bicyclic) bond motifs is 1. The van der Waals surface area contributed by atoms with Gasteiger partial charge in [-0.2, -0.15) is 0 Å². The first-order valence-corrected chi connectivity index (χ1v) is 3.79. The number of benzene rings is 1. The zero-order valence-electron chi connectivity index (χ0n) is 6.90. The molecule has 0 bridgehead atoms. The van der Waals surface area contributed by atoms with Crippen molar-refractivity contribution in [2.24, 2.45) is 0 Å². The molecule has 0 radical (unpaired) electrons. The maximum Gasteiger partial charge on any atom is 0.281 e. The first-order valence-electron chi connectivity index (χ1n) is 3.79. The molecule has 1 aliphatic heterocycles. The van der Waals surface area contributed by atoms with Crippen molar-refractivity contribution in [2.75, 3.05) is 0 Å². The average molecular weight is 191 g/mol. The van der Waals surface area contributed by atoms with E-state index in [1.807, 2.05) is 0 Å². The first kappa shape index (κ1) is 8.36. The minimum atomic E-state index is -0.604. The number of nitro benzene ring substituents is 1. The predicted octanol–water partition coefficient (Wildman–Crippen LogP) is 0.664. The van der Waals surface area contributed by atoms with Crippen molar-refractivity contribution in [3.63, 3.8) is 0 Å². The molecular formula is C8H5N3O3. The zero-order valence-corrected chi connectivity index (χ0v) is 6.90. The molecule has 1 aromatic carbocycles. The molecule has 2 N–H and O–H groups in total. The standard InChI is InChI=1S/C8H5N3O3/c9-7-6-4(8(12)10-7)2-1-3-5(6)11(13)14/h1-3H,(H2,9,10,12).